The van der Waals surface area contributed by atoms with Crippen molar-refractivity contribution in [3.8, 4) is 11.5 Å². The van der Waals surface area contributed by atoms with Crippen LogP contribution in [-0.4, -0.2) is 18.0 Å². The first kappa shape index (κ1) is 19.0. The Morgan fingerprint density at radius 3 is 2.15 bits per heavy atom. The lowest BCUT2D eigenvalue weighted by Gasteiger charge is -2.19. The summed E-state index contributed by atoms with van der Waals surface area (Å²) >= 11 is 11.8. The van der Waals surface area contributed by atoms with Crippen LogP contribution in [0.25, 0.3) is 0 Å². The van der Waals surface area contributed by atoms with Gasteiger partial charge in [-0.3, -0.25) is 4.79 Å². The third kappa shape index (κ3) is 5.12. The van der Waals surface area contributed by atoms with Crippen molar-refractivity contribution in [2.24, 2.45) is 0 Å². The number of hydrogen-bond acceptors (Lipinski definition) is 4. The number of rotatable bonds is 6. The Kier molecular flexibility index (Phi) is 6.16. The van der Waals surface area contributed by atoms with Gasteiger partial charge in [0.05, 0.1) is 12.1 Å². The van der Waals surface area contributed by atoms with Crippen molar-refractivity contribution < 1.29 is 14.3 Å². The van der Waals surface area contributed by atoms with Crippen molar-refractivity contribution in [2.75, 3.05) is 12.4 Å². The maximum absolute atomic E-state index is 12.8. The number of anilines is 1. The van der Waals surface area contributed by atoms with Crippen molar-refractivity contribution in [2.45, 2.75) is 6.10 Å². The van der Waals surface area contributed by atoms with Crippen LogP contribution in [0.3, 0.4) is 0 Å². The van der Waals surface area contributed by atoms with E-state index in [1.54, 1.807) is 67.8 Å². The van der Waals surface area contributed by atoms with Crippen LogP contribution in [0.2, 0.25) is 10.0 Å². The number of benzene rings is 2. The topological polar surface area (TPSA) is 60.5 Å². The number of aromatic nitrogens is 1. The number of nitrogens with zero attached hydrogens (tertiary/aromatic N) is 1. The zero-order valence-corrected chi connectivity index (χ0v) is 15.9. The van der Waals surface area contributed by atoms with E-state index in [4.69, 9.17) is 32.7 Å². The van der Waals surface area contributed by atoms with E-state index in [0.29, 0.717) is 32.9 Å². The third-order valence-corrected chi connectivity index (χ3v) is 4.18. The molecule has 1 heterocycles. The molecule has 1 unspecified atom stereocenters. The maximum Gasteiger partial charge on any atom is 0.271 e. The molecule has 1 amide bonds. The number of methoxy groups -OCH3 is 1. The molecule has 0 fully saturated rings. The van der Waals surface area contributed by atoms with E-state index in [1.165, 1.54) is 6.20 Å². The molecule has 0 saturated heterocycles. The van der Waals surface area contributed by atoms with Gasteiger partial charge in [0.2, 0.25) is 6.10 Å². The molecule has 5 nitrogen and oxygen atoms in total. The molecule has 1 N–H and O–H groups in total. The average Bonchev–Trinajstić information content (AvgIpc) is 2.69. The predicted octanol–water partition coefficient (Wildman–Crippen LogP) is 5.16. The van der Waals surface area contributed by atoms with Crippen molar-refractivity contribution >= 4 is 34.9 Å². The number of hydrogen-bond donors (Lipinski definition) is 1. The molecular weight excluding hydrogens is 387 g/mol. The summed E-state index contributed by atoms with van der Waals surface area (Å²) in [7, 11) is 1.58. The Hall–Kier alpha value is -2.76. The minimum Gasteiger partial charge on any atom is -0.497 e. The predicted molar refractivity (Wildman–Crippen MR) is 106 cm³/mol. The van der Waals surface area contributed by atoms with Crippen LogP contribution < -0.4 is 14.8 Å². The summed E-state index contributed by atoms with van der Waals surface area (Å²) in [4.78, 5) is 16.9. The molecule has 0 saturated carbocycles. The molecule has 3 aromatic rings. The van der Waals surface area contributed by atoms with Gasteiger partial charge in [0, 0.05) is 16.8 Å². The molecule has 0 aliphatic heterocycles. The van der Waals surface area contributed by atoms with Gasteiger partial charge in [0.15, 0.2) is 0 Å². The van der Waals surface area contributed by atoms with Gasteiger partial charge in [-0.05, 0) is 48.5 Å². The lowest BCUT2D eigenvalue weighted by Crippen LogP contribution is -2.26. The summed E-state index contributed by atoms with van der Waals surface area (Å²) in [6, 6.07) is 17.1. The summed E-state index contributed by atoms with van der Waals surface area (Å²) in [5.41, 5.74) is 0.654. The van der Waals surface area contributed by atoms with Crippen LogP contribution in [0.5, 0.6) is 11.5 Å². The van der Waals surface area contributed by atoms with Crippen molar-refractivity contribution in [3.63, 3.8) is 0 Å². The highest BCUT2D eigenvalue weighted by Crippen LogP contribution is 2.26. The number of ether oxygens (including phenoxy) is 2. The van der Waals surface area contributed by atoms with Crippen LogP contribution in [0.1, 0.15) is 11.7 Å². The van der Waals surface area contributed by atoms with E-state index in [1.807, 2.05) is 0 Å². The van der Waals surface area contributed by atoms with Gasteiger partial charge < -0.3 is 14.8 Å². The first-order chi connectivity index (χ1) is 13.0. The van der Waals surface area contributed by atoms with Gasteiger partial charge in [-0.2, -0.15) is 0 Å². The minimum atomic E-state index is -0.895. The SMILES string of the molecule is COc1ccc(OC(C(=O)Nc2ccc(Cl)cn2)c2ccc(Cl)cc2)cc1. The summed E-state index contributed by atoms with van der Waals surface area (Å²) in [6.45, 7) is 0. The fraction of sp³-hybridized carbons (Fsp3) is 0.100. The molecule has 0 aliphatic carbocycles. The second-order valence-electron chi connectivity index (χ2n) is 5.58. The van der Waals surface area contributed by atoms with Gasteiger partial charge in [0.1, 0.15) is 17.3 Å². The van der Waals surface area contributed by atoms with Gasteiger partial charge in [-0.15, -0.1) is 0 Å². The molecular formula is C20H16Cl2N2O3. The molecule has 7 heteroatoms. The Labute approximate surface area is 166 Å². The fourth-order valence-electron chi connectivity index (χ4n) is 2.34. The Morgan fingerprint density at radius 1 is 0.926 bits per heavy atom. The highest BCUT2D eigenvalue weighted by Gasteiger charge is 2.23. The second kappa shape index (κ2) is 8.75. The zero-order chi connectivity index (χ0) is 19.2. The monoisotopic (exact) mass is 402 g/mol. The van der Waals surface area contributed by atoms with Crippen LogP contribution in [0.15, 0.2) is 66.9 Å². The maximum atomic E-state index is 12.8. The van der Waals surface area contributed by atoms with Gasteiger partial charge >= 0.3 is 0 Å². The number of nitrogens with one attached hydrogen (secondary N) is 1. The first-order valence-corrected chi connectivity index (χ1v) is 8.79. The van der Waals surface area contributed by atoms with E-state index < -0.39 is 6.10 Å². The molecule has 1 atom stereocenters. The van der Waals surface area contributed by atoms with Crippen LogP contribution in [-0.2, 0) is 4.79 Å². The number of halogens is 2. The van der Waals surface area contributed by atoms with Crippen molar-refractivity contribution in [3.05, 3.63) is 82.5 Å². The summed E-state index contributed by atoms with van der Waals surface area (Å²) in [6.07, 6.45) is 0.562. The fourth-order valence-corrected chi connectivity index (χ4v) is 2.58. The Balaban J connectivity index is 1.84. The minimum absolute atomic E-state index is 0.372. The molecule has 27 heavy (non-hydrogen) atoms. The zero-order valence-electron chi connectivity index (χ0n) is 14.4. The molecule has 138 valence electrons. The Bertz CT molecular complexity index is 898. The standard InChI is InChI=1S/C20H16Cl2N2O3/c1-26-16-7-9-17(10-8-16)27-19(13-2-4-14(21)5-3-13)20(25)24-18-11-6-15(22)12-23-18/h2-12,19H,1H3,(H,23,24,25). The molecule has 2 aromatic carbocycles. The normalized spacial score (nSPS) is 11.5. The largest absolute Gasteiger partial charge is 0.497 e. The molecule has 1 aromatic heterocycles. The van der Waals surface area contributed by atoms with E-state index in [2.05, 4.69) is 10.3 Å². The lowest BCUT2D eigenvalue weighted by molar-refractivity contribution is -0.123. The molecule has 3 rings (SSSR count). The highest BCUT2D eigenvalue weighted by atomic mass is 35.5. The van der Waals surface area contributed by atoms with E-state index in [0.717, 1.165) is 0 Å². The molecule has 0 spiro atoms. The van der Waals surface area contributed by atoms with Gasteiger partial charge in [-0.1, -0.05) is 35.3 Å². The second-order valence-corrected chi connectivity index (χ2v) is 6.45. The van der Waals surface area contributed by atoms with Crippen LogP contribution in [0.4, 0.5) is 5.82 Å². The number of carbonyl (C=O) groups excluding carboxylic acids is 1. The van der Waals surface area contributed by atoms with Crippen molar-refractivity contribution in [1.29, 1.82) is 0 Å². The third-order valence-electron chi connectivity index (χ3n) is 3.70. The van der Waals surface area contributed by atoms with Crippen molar-refractivity contribution in [1.82, 2.24) is 4.98 Å². The van der Waals surface area contributed by atoms with Crippen LogP contribution in [0, 0.1) is 0 Å². The smallest absolute Gasteiger partial charge is 0.271 e. The Morgan fingerprint density at radius 2 is 1.56 bits per heavy atom. The quantitative estimate of drug-likeness (QED) is 0.618. The van der Waals surface area contributed by atoms with E-state index >= 15 is 0 Å². The van der Waals surface area contributed by atoms with Gasteiger partial charge in [-0.25, -0.2) is 4.98 Å². The number of pyridine rings is 1. The molecule has 0 radical (unpaired) electrons. The number of amides is 1. The highest BCUT2D eigenvalue weighted by molar-refractivity contribution is 6.30. The summed E-state index contributed by atoms with van der Waals surface area (Å²) < 4.78 is 11.1. The lowest BCUT2D eigenvalue weighted by atomic mass is 10.1. The molecule has 0 bridgehead atoms. The molecule has 0 aliphatic rings. The van der Waals surface area contributed by atoms with Gasteiger partial charge in [0.25, 0.3) is 5.91 Å². The summed E-state index contributed by atoms with van der Waals surface area (Å²) in [5.74, 6) is 1.22. The van der Waals surface area contributed by atoms with E-state index in [-0.39, 0.29) is 5.91 Å². The van der Waals surface area contributed by atoms with Crippen LogP contribution >= 0.6 is 23.2 Å². The summed E-state index contributed by atoms with van der Waals surface area (Å²) in [5, 5.41) is 3.79. The average molecular weight is 403 g/mol. The van der Waals surface area contributed by atoms with E-state index in [9.17, 15) is 4.79 Å². The first-order valence-electron chi connectivity index (χ1n) is 8.04. The number of carbonyl (C=O) groups is 1.